The van der Waals surface area contributed by atoms with Gasteiger partial charge in [0.25, 0.3) is 0 Å². The van der Waals surface area contributed by atoms with Gasteiger partial charge in [-0.25, -0.2) is 4.98 Å². The SMILES string of the molecule is O=C(CSCc1ccncc1)Nc1nc(CN2CCOCC2)cs1. The Morgan fingerprint density at radius 1 is 1.33 bits per heavy atom. The molecule has 0 saturated carbocycles. The molecule has 24 heavy (non-hydrogen) atoms. The molecule has 2 aromatic heterocycles. The summed E-state index contributed by atoms with van der Waals surface area (Å²) < 4.78 is 5.34. The van der Waals surface area contributed by atoms with Crippen LogP contribution in [0.25, 0.3) is 0 Å². The highest BCUT2D eigenvalue weighted by molar-refractivity contribution is 7.99. The molecule has 1 fully saturated rings. The van der Waals surface area contributed by atoms with Crippen LogP contribution in [0.5, 0.6) is 0 Å². The molecular weight excluding hydrogens is 344 g/mol. The zero-order valence-electron chi connectivity index (χ0n) is 13.3. The van der Waals surface area contributed by atoms with Crippen molar-refractivity contribution in [3.05, 3.63) is 41.2 Å². The molecule has 1 saturated heterocycles. The number of hydrogen-bond acceptors (Lipinski definition) is 7. The average molecular weight is 364 g/mol. The van der Waals surface area contributed by atoms with Crippen LogP contribution in [0.2, 0.25) is 0 Å². The number of hydrogen-bond donors (Lipinski definition) is 1. The van der Waals surface area contributed by atoms with Gasteiger partial charge in [-0.05, 0) is 17.7 Å². The maximum absolute atomic E-state index is 12.0. The van der Waals surface area contributed by atoms with Crippen molar-refractivity contribution in [1.82, 2.24) is 14.9 Å². The summed E-state index contributed by atoms with van der Waals surface area (Å²) in [6.07, 6.45) is 3.53. The van der Waals surface area contributed by atoms with Gasteiger partial charge in [-0.1, -0.05) is 0 Å². The Morgan fingerprint density at radius 2 is 2.12 bits per heavy atom. The van der Waals surface area contributed by atoms with Crippen LogP contribution in [0.15, 0.2) is 29.9 Å². The Bertz CT molecular complexity index is 645. The second-order valence-electron chi connectivity index (χ2n) is 5.43. The Labute approximate surface area is 149 Å². The van der Waals surface area contributed by atoms with E-state index in [9.17, 15) is 4.79 Å². The lowest BCUT2D eigenvalue weighted by Gasteiger charge is -2.25. The number of rotatable bonds is 7. The molecule has 0 spiro atoms. The summed E-state index contributed by atoms with van der Waals surface area (Å²) in [5.74, 6) is 1.21. The molecule has 0 atom stereocenters. The first-order chi connectivity index (χ1) is 11.8. The van der Waals surface area contributed by atoms with Gasteiger partial charge in [0.1, 0.15) is 0 Å². The van der Waals surface area contributed by atoms with Crippen LogP contribution in [-0.4, -0.2) is 52.8 Å². The molecule has 1 N–H and O–H groups in total. The van der Waals surface area contributed by atoms with Crippen LogP contribution in [0, 0.1) is 0 Å². The van der Waals surface area contributed by atoms with E-state index in [0.717, 1.165) is 44.3 Å². The number of carbonyl (C=O) groups excluding carboxylic acids is 1. The van der Waals surface area contributed by atoms with Gasteiger partial charge in [0.2, 0.25) is 5.91 Å². The van der Waals surface area contributed by atoms with Gasteiger partial charge in [0, 0.05) is 43.2 Å². The highest BCUT2D eigenvalue weighted by atomic mass is 32.2. The minimum absolute atomic E-state index is 0.0127. The first kappa shape index (κ1) is 17.3. The first-order valence-corrected chi connectivity index (χ1v) is 9.84. The number of nitrogens with one attached hydrogen (secondary N) is 1. The van der Waals surface area contributed by atoms with Crippen LogP contribution in [0.3, 0.4) is 0 Å². The van der Waals surface area contributed by atoms with E-state index < -0.39 is 0 Å². The maximum Gasteiger partial charge on any atom is 0.236 e. The van der Waals surface area contributed by atoms with Gasteiger partial charge in [-0.2, -0.15) is 0 Å². The lowest BCUT2D eigenvalue weighted by molar-refractivity contribution is -0.113. The molecule has 128 valence electrons. The van der Waals surface area contributed by atoms with Crippen molar-refractivity contribution in [3.63, 3.8) is 0 Å². The molecule has 0 aromatic carbocycles. The predicted molar refractivity (Wildman–Crippen MR) is 97.2 cm³/mol. The molecule has 2 aromatic rings. The fraction of sp³-hybridized carbons (Fsp3) is 0.438. The Hall–Kier alpha value is -1.48. The molecule has 1 aliphatic heterocycles. The molecular formula is C16H20N4O2S2. The normalized spacial score (nSPS) is 15.3. The zero-order chi connectivity index (χ0) is 16.6. The molecule has 0 aliphatic carbocycles. The van der Waals surface area contributed by atoms with Crippen molar-refractivity contribution in [2.75, 3.05) is 37.4 Å². The number of thioether (sulfide) groups is 1. The average Bonchev–Trinajstić information content (AvgIpc) is 3.03. The summed E-state index contributed by atoms with van der Waals surface area (Å²) in [6, 6.07) is 3.92. The molecule has 1 amide bonds. The number of carbonyl (C=O) groups is 1. The summed E-state index contributed by atoms with van der Waals surface area (Å²) in [5.41, 5.74) is 2.17. The fourth-order valence-electron chi connectivity index (χ4n) is 2.32. The van der Waals surface area contributed by atoms with Crippen molar-refractivity contribution in [2.45, 2.75) is 12.3 Å². The van der Waals surface area contributed by atoms with Crippen molar-refractivity contribution in [3.8, 4) is 0 Å². The quantitative estimate of drug-likeness (QED) is 0.813. The summed E-state index contributed by atoms with van der Waals surface area (Å²) in [7, 11) is 0. The zero-order valence-corrected chi connectivity index (χ0v) is 14.9. The Kier molecular flexibility index (Phi) is 6.59. The number of nitrogens with zero attached hydrogens (tertiary/aromatic N) is 3. The Balaban J connectivity index is 1.40. The summed E-state index contributed by atoms with van der Waals surface area (Å²) in [5, 5.41) is 5.56. The number of amides is 1. The molecule has 3 rings (SSSR count). The third kappa shape index (κ3) is 5.55. The highest BCUT2D eigenvalue weighted by Crippen LogP contribution is 2.18. The monoisotopic (exact) mass is 364 g/mol. The molecule has 3 heterocycles. The lowest BCUT2D eigenvalue weighted by atomic mass is 10.3. The number of pyridine rings is 1. The summed E-state index contributed by atoms with van der Waals surface area (Å²) in [4.78, 5) is 22.8. The number of ether oxygens (including phenoxy) is 1. The number of aromatic nitrogens is 2. The number of morpholine rings is 1. The summed E-state index contributed by atoms with van der Waals surface area (Å²) in [6.45, 7) is 4.24. The largest absolute Gasteiger partial charge is 0.379 e. The minimum atomic E-state index is -0.0127. The van der Waals surface area contributed by atoms with E-state index in [-0.39, 0.29) is 5.91 Å². The topological polar surface area (TPSA) is 67.4 Å². The maximum atomic E-state index is 12.0. The number of thiazole rings is 1. The van der Waals surface area contributed by atoms with E-state index in [2.05, 4.69) is 20.2 Å². The van der Waals surface area contributed by atoms with Crippen molar-refractivity contribution in [2.24, 2.45) is 0 Å². The van der Waals surface area contributed by atoms with Crippen molar-refractivity contribution >= 4 is 34.1 Å². The van der Waals surface area contributed by atoms with E-state index in [1.165, 1.54) is 16.9 Å². The van der Waals surface area contributed by atoms with E-state index in [4.69, 9.17) is 4.74 Å². The predicted octanol–water partition coefficient (Wildman–Crippen LogP) is 2.24. The van der Waals surface area contributed by atoms with Crippen LogP contribution < -0.4 is 5.32 Å². The van der Waals surface area contributed by atoms with Gasteiger partial charge in [0.05, 0.1) is 24.7 Å². The van der Waals surface area contributed by atoms with Crippen molar-refractivity contribution < 1.29 is 9.53 Å². The Morgan fingerprint density at radius 3 is 2.92 bits per heavy atom. The van der Waals surface area contributed by atoms with E-state index in [1.807, 2.05) is 17.5 Å². The van der Waals surface area contributed by atoms with Crippen LogP contribution in [-0.2, 0) is 21.8 Å². The van der Waals surface area contributed by atoms with Crippen LogP contribution in [0.1, 0.15) is 11.3 Å². The standard InChI is InChI=1S/C16H20N4O2S2/c21-15(12-23-10-13-1-3-17-4-2-13)19-16-18-14(11-24-16)9-20-5-7-22-8-6-20/h1-4,11H,5-10,12H2,(H,18,19,21). The second-order valence-corrected chi connectivity index (χ2v) is 7.27. The van der Waals surface area contributed by atoms with E-state index in [1.54, 1.807) is 24.2 Å². The van der Waals surface area contributed by atoms with Crippen molar-refractivity contribution in [1.29, 1.82) is 0 Å². The van der Waals surface area contributed by atoms with Gasteiger partial charge >= 0.3 is 0 Å². The minimum Gasteiger partial charge on any atom is -0.379 e. The van der Waals surface area contributed by atoms with Crippen LogP contribution in [0.4, 0.5) is 5.13 Å². The van der Waals surface area contributed by atoms with Gasteiger partial charge in [0.15, 0.2) is 5.13 Å². The van der Waals surface area contributed by atoms with E-state index in [0.29, 0.717) is 10.9 Å². The highest BCUT2D eigenvalue weighted by Gasteiger charge is 2.13. The van der Waals surface area contributed by atoms with Gasteiger partial charge < -0.3 is 10.1 Å². The van der Waals surface area contributed by atoms with Gasteiger partial charge in [-0.15, -0.1) is 23.1 Å². The smallest absolute Gasteiger partial charge is 0.236 e. The molecule has 0 bridgehead atoms. The molecule has 0 unspecified atom stereocenters. The fourth-order valence-corrected chi connectivity index (χ4v) is 3.83. The molecule has 1 aliphatic rings. The summed E-state index contributed by atoms with van der Waals surface area (Å²) >= 11 is 3.06. The second kappa shape index (κ2) is 9.12. The van der Waals surface area contributed by atoms with Gasteiger partial charge in [-0.3, -0.25) is 14.7 Å². The lowest BCUT2D eigenvalue weighted by Crippen LogP contribution is -2.35. The number of anilines is 1. The van der Waals surface area contributed by atoms with Crippen LogP contribution >= 0.6 is 23.1 Å². The molecule has 0 radical (unpaired) electrons. The first-order valence-electron chi connectivity index (χ1n) is 7.80. The third-order valence-corrected chi connectivity index (χ3v) is 5.35. The molecule has 6 nitrogen and oxygen atoms in total. The van der Waals surface area contributed by atoms with E-state index >= 15 is 0 Å². The molecule has 8 heteroatoms. The third-order valence-electron chi connectivity index (χ3n) is 3.54.